The number of esters is 1. The summed E-state index contributed by atoms with van der Waals surface area (Å²) in [5.74, 6) is -0.872. The van der Waals surface area contributed by atoms with Crippen LogP contribution in [0.2, 0.25) is 5.02 Å². The van der Waals surface area contributed by atoms with Gasteiger partial charge in [-0.1, -0.05) is 41.9 Å². The van der Waals surface area contributed by atoms with Gasteiger partial charge in [0.15, 0.2) is 5.70 Å². The zero-order chi connectivity index (χ0) is 17.3. The topological polar surface area (TPSA) is 38.7 Å². The highest BCUT2D eigenvalue weighted by Gasteiger charge is 2.33. The van der Waals surface area contributed by atoms with E-state index < -0.39 is 17.7 Å². The molecule has 1 aliphatic heterocycles. The van der Waals surface area contributed by atoms with Gasteiger partial charge in [-0.2, -0.15) is 13.2 Å². The lowest BCUT2D eigenvalue weighted by Gasteiger charge is -2.09. The van der Waals surface area contributed by atoms with E-state index in [1.54, 1.807) is 24.3 Å². The van der Waals surface area contributed by atoms with E-state index in [4.69, 9.17) is 16.3 Å². The van der Waals surface area contributed by atoms with Gasteiger partial charge < -0.3 is 4.74 Å². The van der Waals surface area contributed by atoms with E-state index in [1.165, 1.54) is 18.2 Å². The first-order valence-corrected chi connectivity index (χ1v) is 7.18. The zero-order valence-corrected chi connectivity index (χ0v) is 12.7. The van der Waals surface area contributed by atoms with E-state index >= 15 is 0 Å². The number of carbonyl (C=O) groups excluding carboxylic acids is 1. The Kier molecular flexibility index (Phi) is 4.15. The van der Waals surface area contributed by atoms with Crippen LogP contribution in [0, 0.1) is 0 Å². The Labute approximate surface area is 140 Å². The molecule has 24 heavy (non-hydrogen) atoms. The summed E-state index contributed by atoms with van der Waals surface area (Å²) < 4.78 is 44.1. The lowest BCUT2D eigenvalue weighted by molar-refractivity contribution is -0.137. The summed E-state index contributed by atoms with van der Waals surface area (Å²) in [5.41, 5.74) is -0.852. The molecule has 3 rings (SSSR count). The van der Waals surface area contributed by atoms with Crippen molar-refractivity contribution >= 4 is 29.5 Å². The van der Waals surface area contributed by atoms with Gasteiger partial charge in [0, 0.05) is 0 Å². The molecule has 0 aromatic heterocycles. The van der Waals surface area contributed by atoms with Crippen molar-refractivity contribution < 1.29 is 22.7 Å². The Balaban J connectivity index is 2.03. The zero-order valence-electron chi connectivity index (χ0n) is 12.0. The summed E-state index contributed by atoms with van der Waals surface area (Å²) in [6.45, 7) is 0. The molecular weight excluding hydrogens is 343 g/mol. The molecule has 0 saturated heterocycles. The summed E-state index contributed by atoms with van der Waals surface area (Å²) in [5, 5.41) is 0.320. The largest absolute Gasteiger partial charge is 0.416 e. The average molecular weight is 352 g/mol. The maximum atomic E-state index is 13.0. The van der Waals surface area contributed by atoms with Crippen LogP contribution < -0.4 is 0 Å². The number of ether oxygens (including phenoxy) is 1. The summed E-state index contributed by atoms with van der Waals surface area (Å²) in [6.07, 6.45) is -3.49. The summed E-state index contributed by atoms with van der Waals surface area (Å²) in [7, 11) is 0. The van der Waals surface area contributed by atoms with Gasteiger partial charge in [-0.25, -0.2) is 9.79 Å². The third kappa shape index (κ3) is 3.19. The SMILES string of the molecule is O=C1OC(c2ccccc2Cl)=NC1=Cc1ccccc1C(F)(F)F. The third-order valence-electron chi connectivity index (χ3n) is 3.28. The fraction of sp³-hybridized carbons (Fsp3) is 0.0588. The summed E-state index contributed by atoms with van der Waals surface area (Å²) >= 11 is 6.00. The smallest absolute Gasteiger partial charge is 0.402 e. The fourth-order valence-corrected chi connectivity index (χ4v) is 2.40. The number of nitrogens with zero attached hydrogens (tertiary/aromatic N) is 1. The maximum Gasteiger partial charge on any atom is 0.416 e. The number of rotatable bonds is 2. The van der Waals surface area contributed by atoms with Crippen LogP contribution in [0.5, 0.6) is 0 Å². The normalized spacial score (nSPS) is 16.2. The van der Waals surface area contributed by atoms with Crippen molar-refractivity contribution in [3.63, 3.8) is 0 Å². The molecule has 1 aliphatic rings. The van der Waals surface area contributed by atoms with Gasteiger partial charge in [0.25, 0.3) is 0 Å². The molecule has 1 heterocycles. The fourth-order valence-electron chi connectivity index (χ4n) is 2.19. The molecule has 3 nitrogen and oxygen atoms in total. The Morgan fingerprint density at radius 3 is 2.42 bits per heavy atom. The van der Waals surface area contributed by atoms with Gasteiger partial charge in [0.1, 0.15) is 0 Å². The van der Waals surface area contributed by atoms with Crippen LogP contribution in [0.25, 0.3) is 6.08 Å². The molecule has 0 fully saturated rings. The minimum atomic E-state index is -4.54. The highest BCUT2D eigenvalue weighted by atomic mass is 35.5. The van der Waals surface area contributed by atoms with Crippen molar-refractivity contribution in [3.05, 3.63) is 75.9 Å². The Hall–Kier alpha value is -2.60. The van der Waals surface area contributed by atoms with E-state index in [2.05, 4.69) is 4.99 Å². The standard InChI is InChI=1S/C17H9ClF3NO2/c18-13-8-4-2-6-11(13)15-22-14(16(23)24-15)9-10-5-1-3-7-12(10)17(19,20)21/h1-9H. The number of hydrogen-bond acceptors (Lipinski definition) is 3. The van der Waals surface area contributed by atoms with Gasteiger partial charge in [-0.05, 0) is 29.8 Å². The van der Waals surface area contributed by atoms with Crippen LogP contribution in [0.1, 0.15) is 16.7 Å². The molecule has 0 spiro atoms. The lowest BCUT2D eigenvalue weighted by Crippen LogP contribution is -2.08. The van der Waals surface area contributed by atoms with Gasteiger partial charge >= 0.3 is 12.1 Å². The third-order valence-corrected chi connectivity index (χ3v) is 3.61. The quantitative estimate of drug-likeness (QED) is 0.581. The van der Waals surface area contributed by atoms with Crippen LogP contribution in [-0.4, -0.2) is 11.9 Å². The van der Waals surface area contributed by atoms with Crippen molar-refractivity contribution in [3.8, 4) is 0 Å². The number of alkyl halides is 3. The van der Waals surface area contributed by atoms with Gasteiger partial charge in [-0.15, -0.1) is 0 Å². The number of halogens is 4. The molecule has 7 heteroatoms. The first-order chi connectivity index (χ1) is 11.4. The minimum Gasteiger partial charge on any atom is -0.402 e. The Bertz CT molecular complexity index is 872. The van der Waals surface area contributed by atoms with Crippen molar-refractivity contribution in [1.82, 2.24) is 0 Å². The maximum absolute atomic E-state index is 13.0. The molecule has 0 aliphatic carbocycles. The molecule has 2 aromatic rings. The van der Waals surface area contributed by atoms with Crippen molar-refractivity contribution in [2.75, 3.05) is 0 Å². The van der Waals surface area contributed by atoms with Crippen LogP contribution in [0.4, 0.5) is 13.2 Å². The van der Waals surface area contributed by atoms with E-state index in [0.29, 0.717) is 10.6 Å². The van der Waals surface area contributed by atoms with E-state index in [0.717, 1.165) is 12.1 Å². The second-order valence-electron chi connectivity index (χ2n) is 4.90. The number of aliphatic imine (C=N–C) groups is 1. The summed E-state index contributed by atoms with van der Waals surface area (Å²) in [6, 6.07) is 11.5. The van der Waals surface area contributed by atoms with Crippen LogP contribution in [0.15, 0.2) is 59.2 Å². The number of cyclic esters (lactones) is 1. The molecule has 122 valence electrons. The number of benzene rings is 2. The Morgan fingerprint density at radius 2 is 1.71 bits per heavy atom. The van der Waals surface area contributed by atoms with Crippen LogP contribution >= 0.6 is 11.6 Å². The van der Waals surface area contributed by atoms with Crippen molar-refractivity contribution in [1.29, 1.82) is 0 Å². The van der Waals surface area contributed by atoms with Crippen LogP contribution in [-0.2, 0) is 15.7 Å². The Morgan fingerprint density at radius 1 is 1.04 bits per heavy atom. The van der Waals surface area contributed by atoms with E-state index in [1.807, 2.05) is 0 Å². The van der Waals surface area contributed by atoms with Gasteiger partial charge in [-0.3, -0.25) is 0 Å². The van der Waals surface area contributed by atoms with E-state index in [-0.39, 0.29) is 17.2 Å². The van der Waals surface area contributed by atoms with E-state index in [9.17, 15) is 18.0 Å². The first kappa shape index (κ1) is 16.3. The average Bonchev–Trinajstić information content (AvgIpc) is 2.88. The molecule has 0 amide bonds. The van der Waals surface area contributed by atoms with Crippen molar-refractivity contribution in [2.24, 2.45) is 4.99 Å². The highest BCUT2D eigenvalue weighted by molar-refractivity contribution is 6.34. The predicted octanol–water partition coefficient (Wildman–Crippen LogP) is 4.70. The van der Waals surface area contributed by atoms with Gasteiger partial charge in [0.05, 0.1) is 16.1 Å². The van der Waals surface area contributed by atoms with Crippen molar-refractivity contribution in [2.45, 2.75) is 6.18 Å². The molecule has 0 radical (unpaired) electrons. The first-order valence-electron chi connectivity index (χ1n) is 6.80. The second kappa shape index (κ2) is 6.13. The van der Waals surface area contributed by atoms with Gasteiger partial charge in [0.2, 0.25) is 5.90 Å². The lowest BCUT2D eigenvalue weighted by atomic mass is 10.1. The molecule has 0 N–H and O–H groups in total. The molecular formula is C17H9ClF3NO2. The minimum absolute atomic E-state index is 0.0404. The summed E-state index contributed by atoms with van der Waals surface area (Å²) in [4.78, 5) is 15.9. The second-order valence-corrected chi connectivity index (χ2v) is 5.31. The molecule has 0 saturated carbocycles. The highest BCUT2D eigenvalue weighted by Crippen LogP contribution is 2.33. The number of hydrogen-bond donors (Lipinski definition) is 0. The molecule has 0 unspecified atom stereocenters. The monoisotopic (exact) mass is 351 g/mol. The predicted molar refractivity (Wildman–Crippen MR) is 83.5 cm³/mol. The number of carbonyl (C=O) groups is 1. The molecule has 0 atom stereocenters. The molecule has 2 aromatic carbocycles. The molecule has 0 bridgehead atoms. The van der Waals surface area contributed by atoms with Crippen LogP contribution in [0.3, 0.4) is 0 Å².